The van der Waals surface area contributed by atoms with Gasteiger partial charge in [-0.3, -0.25) is 9.69 Å². The Morgan fingerprint density at radius 3 is 3.00 bits per heavy atom. The van der Waals surface area contributed by atoms with Gasteiger partial charge in [0.05, 0.1) is 7.11 Å². The molecular formula is C7H9NO3. The second kappa shape index (κ2) is 3.18. The average molecular weight is 155 g/mol. The lowest BCUT2D eigenvalue weighted by molar-refractivity contribution is -0.105. The summed E-state index contributed by atoms with van der Waals surface area (Å²) in [7, 11) is 1.31. The summed E-state index contributed by atoms with van der Waals surface area (Å²) < 4.78 is 4.45. The van der Waals surface area contributed by atoms with E-state index in [-0.39, 0.29) is 0 Å². The van der Waals surface area contributed by atoms with Gasteiger partial charge in [-0.2, -0.15) is 0 Å². The Kier molecular flexibility index (Phi) is 2.25. The molecule has 0 N–H and O–H groups in total. The van der Waals surface area contributed by atoms with Crippen LogP contribution in [0.25, 0.3) is 0 Å². The van der Waals surface area contributed by atoms with Gasteiger partial charge >= 0.3 is 6.09 Å². The highest BCUT2D eigenvalue weighted by Gasteiger charge is 2.17. The Morgan fingerprint density at radius 1 is 1.82 bits per heavy atom. The van der Waals surface area contributed by atoms with Gasteiger partial charge in [0.2, 0.25) is 0 Å². The maximum Gasteiger partial charge on any atom is 0.413 e. The van der Waals surface area contributed by atoms with Gasteiger partial charge in [-0.1, -0.05) is 0 Å². The van der Waals surface area contributed by atoms with Crippen LogP contribution >= 0.6 is 0 Å². The molecule has 1 aliphatic rings. The molecular weight excluding hydrogens is 146 g/mol. The minimum Gasteiger partial charge on any atom is -0.452 e. The number of amides is 1. The minimum atomic E-state index is -0.415. The fourth-order valence-electron chi connectivity index (χ4n) is 0.929. The van der Waals surface area contributed by atoms with Crippen LogP contribution in [0.15, 0.2) is 11.8 Å². The van der Waals surface area contributed by atoms with Crippen LogP contribution in [0.3, 0.4) is 0 Å². The molecule has 0 unspecified atom stereocenters. The SMILES string of the molecule is COC(=O)N1C=C(C=O)CC1. The molecule has 0 saturated heterocycles. The van der Waals surface area contributed by atoms with Gasteiger partial charge in [-0.25, -0.2) is 4.79 Å². The van der Waals surface area contributed by atoms with Crippen molar-refractivity contribution in [2.75, 3.05) is 13.7 Å². The number of rotatable bonds is 1. The van der Waals surface area contributed by atoms with E-state index >= 15 is 0 Å². The van der Waals surface area contributed by atoms with Gasteiger partial charge in [-0.15, -0.1) is 0 Å². The highest BCUT2D eigenvalue weighted by Crippen LogP contribution is 2.12. The van der Waals surface area contributed by atoms with Crippen LogP contribution in [0, 0.1) is 0 Å². The summed E-state index contributed by atoms with van der Waals surface area (Å²) in [5.41, 5.74) is 0.635. The first-order valence-electron chi connectivity index (χ1n) is 3.28. The van der Waals surface area contributed by atoms with Crippen LogP contribution in [-0.4, -0.2) is 30.9 Å². The Hall–Kier alpha value is -1.32. The van der Waals surface area contributed by atoms with Crippen molar-refractivity contribution in [1.29, 1.82) is 0 Å². The smallest absolute Gasteiger partial charge is 0.413 e. The van der Waals surface area contributed by atoms with Gasteiger partial charge in [0.1, 0.15) is 6.29 Å². The largest absolute Gasteiger partial charge is 0.452 e. The van der Waals surface area contributed by atoms with Crippen LogP contribution in [0.2, 0.25) is 0 Å². The second-order valence-electron chi connectivity index (χ2n) is 2.24. The van der Waals surface area contributed by atoms with Gasteiger partial charge in [0.25, 0.3) is 0 Å². The molecule has 1 aliphatic heterocycles. The van der Waals surface area contributed by atoms with Crippen molar-refractivity contribution < 1.29 is 14.3 Å². The number of aldehydes is 1. The van der Waals surface area contributed by atoms with Crippen LogP contribution < -0.4 is 0 Å². The normalized spacial score (nSPS) is 16.1. The molecule has 1 rings (SSSR count). The summed E-state index contributed by atoms with van der Waals surface area (Å²) in [6, 6.07) is 0. The first-order valence-corrected chi connectivity index (χ1v) is 3.28. The van der Waals surface area contributed by atoms with Crippen molar-refractivity contribution in [2.45, 2.75) is 6.42 Å². The third kappa shape index (κ3) is 1.58. The fourth-order valence-corrected chi connectivity index (χ4v) is 0.929. The van der Waals surface area contributed by atoms with E-state index in [1.165, 1.54) is 18.2 Å². The molecule has 0 fully saturated rings. The third-order valence-corrected chi connectivity index (χ3v) is 1.52. The Morgan fingerprint density at radius 2 is 2.55 bits per heavy atom. The number of carbonyl (C=O) groups is 2. The van der Waals surface area contributed by atoms with Crippen LogP contribution in [-0.2, 0) is 9.53 Å². The number of nitrogens with zero attached hydrogens (tertiary/aromatic N) is 1. The predicted molar refractivity (Wildman–Crippen MR) is 37.9 cm³/mol. The summed E-state index contributed by atoms with van der Waals surface area (Å²) >= 11 is 0. The lowest BCUT2D eigenvalue weighted by Gasteiger charge is -2.09. The number of methoxy groups -OCH3 is 1. The molecule has 4 nitrogen and oxygen atoms in total. The molecule has 0 saturated carbocycles. The fraction of sp³-hybridized carbons (Fsp3) is 0.429. The molecule has 1 amide bonds. The van der Waals surface area contributed by atoms with Gasteiger partial charge in [-0.05, 0) is 6.42 Å². The number of carbonyl (C=O) groups excluding carboxylic acids is 2. The number of hydrogen-bond acceptors (Lipinski definition) is 3. The maximum absolute atomic E-state index is 10.8. The summed E-state index contributed by atoms with van der Waals surface area (Å²) in [5, 5.41) is 0. The van der Waals surface area contributed by atoms with Crippen molar-refractivity contribution in [3.63, 3.8) is 0 Å². The van der Waals surface area contributed by atoms with Crippen molar-refractivity contribution >= 4 is 12.4 Å². The third-order valence-electron chi connectivity index (χ3n) is 1.52. The molecule has 0 aromatic carbocycles. The Labute approximate surface area is 64.4 Å². The van der Waals surface area contributed by atoms with Crippen molar-refractivity contribution in [3.05, 3.63) is 11.8 Å². The summed E-state index contributed by atoms with van der Waals surface area (Å²) in [6.07, 6.45) is 2.47. The van der Waals surface area contributed by atoms with E-state index in [1.54, 1.807) is 0 Å². The molecule has 0 aliphatic carbocycles. The van der Waals surface area contributed by atoms with E-state index in [4.69, 9.17) is 0 Å². The van der Waals surface area contributed by atoms with Crippen LogP contribution in [0.5, 0.6) is 0 Å². The molecule has 0 radical (unpaired) electrons. The van der Waals surface area contributed by atoms with E-state index in [9.17, 15) is 9.59 Å². The zero-order chi connectivity index (χ0) is 8.27. The van der Waals surface area contributed by atoms with E-state index in [2.05, 4.69) is 4.74 Å². The van der Waals surface area contributed by atoms with Crippen molar-refractivity contribution in [2.24, 2.45) is 0 Å². The molecule has 0 spiro atoms. The topological polar surface area (TPSA) is 46.6 Å². The summed E-state index contributed by atoms with van der Waals surface area (Å²) in [6.45, 7) is 0.542. The van der Waals surface area contributed by atoms with Crippen molar-refractivity contribution in [3.8, 4) is 0 Å². The molecule has 0 atom stereocenters. The van der Waals surface area contributed by atoms with Crippen LogP contribution in [0.1, 0.15) is 6.42 Å². The lowest BCUT2D eigenvalue weighted by Crippen LogP contribution is -2.22. The first-order chi connectivity index (χ1) is 5.27. The molecule has 0 aromatic heterocycles. The summed E-state index contributed by atoms with van der Waals surface area (Å²) in [4.78, 5) is 22.4. The Balaban J connectivity index is 2.58. The predicted octanol–water partition coefficient (Wildman–Crippen LogP) is 0.541. The number of hydrogen-bond donors (Lipinski definition) is 0. The van der Waals surface area contributed by atoms with Gasteiger partial charge < -0.3 is 4.74 Å². The monoisotopic (exact) mass is 155 g/mol. The standard InChI is InChI=1S/C7H9NO3/c1-11-7(10)8-3-2-6(4-8)5-9/h4-5H,2-3H2,1H3. The van der Waals surface area contributed by atoms with E-state index in [0.29, 0.717) is 18.5 Å². The van der Waals surface area contributed by atoms with Crippen LogP contribution in [0.4, 0.5) is 4.79 Å². The zero-order valence-corrected chi connectivity index (χ0v) is 6.24. The minimum absolute atomic E-state index is 0.415. The van der Waals surface area contributed by atoms with Gasteiger partial charge in [0.15, 0.2) is 0 Å². The van der Waals surface area contributed by atoms with E-state index < -0.39 is 6.09 Å². The Bertz CT molecular complexity index is 210. The second-order valence-corrected chi connectivity index (χ2v) is 2.24. The molecule has 0 aromatic rings. The molecule has 4 heteroatoms. The zero-order valence-electron chi connectivity index (χ0n) is 6.24. The molecule has 0 bridgehead atoms. The highest BCUT2D eigenvalue weighted by atomic mass is 16.5. The average Bonchev–Trinajstić information content (AvgIpc) is 2.50. The lowest BCUT2D eigenvalue weighted by atomic mass is 10.3. The van der Waals surface area contributed by atoms with E-state index in [0.717, 1.165) is 6.29 Å². The quantitative estimate of drug-likeness (QED) is 0.519. The maximum atomic E-state index is 10.8. The van der Waals surface area contributed by atoms with Crippen molar-refractivity contribution in [1.82, 2.24) is 4.90 Å². The molecule has 1 heterocycles. The van der Waals surface area contributed by atoms with E-state index in [1.807, 2.05) is 0 Å². The first kappa shape index (κ1) is 7.78. The van der Waals surface area contributed by atoms with Gasteiger partial charge in [0, 0.05) is 18.3 Å². The summed E-state index contributed by atoms with van der Waals surface area (Å²) in [5.74, 6) is 0. The molecule has 11 heavy (non-hydrogen) atoms. The molecule has 60 valence electrons. The number of ether oxygens (including phenoxy) is 1. The highest BCUT2D eigenvalue weighted by molar-refractivity contribution is 5.77.